The highest BCUT2D eigenvalue weighted by Crippen LogP contribution is 2.27. The van der Waals surface area contributed by atoms with Gasteiger partial charge in [-0.15, -0.1) is 0 Å². The van der Waals surface area contributed by atoms with Gasteiger partial charge in [-0.2, -0.15) is 15.4 Å². The number of hydrogen-bond donors (Lipinski definition) is 2. The van der Waals surface area contributed by atoms with Crippen LogP contribution in [0.4, 0.5) is 0 Å². The van der Waals surface area contributed by atoms with Gasteiger partial charge in [-0.05, 0) is 36.2 Å². The lowest BCUT2D eigenvalue weighted by Crippen LogP contribution is -2.13. The van der Waals surface area contributed by atoms with Crippen LogP contribution < -0.4 is 10.5 Å². The molecule has 0 radical (unpaired) electrons. The van der Waals surface area contributed by atoms with Gasteiger partial charge in [0.2, 0.25) is 0 Å². The summed E-state index contributed by atoms with van der Waals surface area (Å²) in [6, 6.07) is 15.5. The maximum atomic E-state index is 11.4. The fraction of sp³-hybridized carbons (Fsp3) is 0.118. The highest BCUT2D eigenvalue weighted by molar-refractivity contribution is 5.97. The standard InChI is InChI=1S/C17H16N4O2/c1-11-9-13(23-10-12-5-3-2-4-6-12)7-8-14(11)15-16(17(18)22)20-21-19-15/h2-9H,10H2,1H3,(H2,18,22)(H,19,20,21). The van der Waals surface area contributed by atoms with Gasteiger partial charge in [0.15, 0.2) is 5.69 Å². The molecular weight excluding hydrogens is 292 g/mol. The smallest absolute Gasteiger partial charge is 0.271 e. The Hall–Kier alpha value is -3.15. The van der Waals surface area contributed by atoms with Gasteiger partial charge < -0.3 is 10.5 Å². The number of carbonyl (C=O) groups excluding carboxylic acids is 1. The zero-order chi connectivity index (χ0) is 16.2. The number of nitrogens with zero attached hydrogens (tertiary/aromatic N) is 2. The average Bonchev–Trinajstić information content (AvgIpc) is 3.03. The van der Waals surface area contributed by atoms with E-state index in [1.54, 1.807) is 0 Å². The van der Waals surface area contributed by atoms with Crippen molar-refractivity contribution in [3.8, 4) is 17.0 Å². The highest BCUT2D eigenvalue weighted by atomic mass is 16.5. The summed E-state index contributed by atoms with van der Waals surface area (Å²) in [5.41, 5.74) is 8.69. The fourth-order valence-corrected chi connectivity index (χ4v) is 2.32. The van der Waals surface area contributed by atoms with Crippen LogP contribution in [0.3, 0.4) is 0 Å². The first-order valence-corrected chi connectivity index (χ1v) is 7.13. The number of aromatic nitrogens is 3. The fourth-order valence-electron chi connectivity index (χ4n) is 2.32. The van der Waals surface area contributed by atoms with Crippen molar-refractivity contribution >= 4 is 5.91 Å². The monoisotopic (exact) mass is 308 g/mol. The molecule has 1 amide bonds. The van der Waals surface area contributed by atoms with Crippen LogP contribution in [0, 0.1) is 6.92 Å². The van der Waals surface area contributed by atoms with Crippen LogP contribution in [-0.4, -0.2) is 21.3 Å². The third-order valence-electron chi connectivity index (χ3n) is 3.48. The Morgan fingerprint density at radius 1 is 1.17 bits per heavy atom. The number of carbonyl (C=O) groups is 1. The predicted octanol–water partition coefficient (Wildman–Crippen LogP) is 2.46. The maximum absolute atomic E-state index is 11.4. The van der Waals surface area contributed by atoms with Crippen molar-refractivity contribution in [1.82, 2.24) is 15.4 Å². The van der Waals surface area contributed by atoms with Crippen molar-refractivity contribution < 1.29 is 9.53 Å². The molecule has 3 aromatic rings. The van der Waals surface area contributed by atoms with Gasteiger partial charge in [0.25, 0.3) is 5.91 Å². The summed E-state index contributed by atoms with van der Waals surface area (Å²) >= 11 is 0. The molecule has 0 fully saturated rings. The van der Waals surface area contributed by atoms with Gasteiger partial charge >= 0.3 is 0 Å². The number of benzene rings is 2. The third kappa shape index (κ3) is 3.21. The van der Waals surface area contributed by atoms with Gasteiger partial charge in [0.1, 0.15) is 18.1 Å². The molecule has 3 N–H and O–H groups in total. The van der Waals surface area contributed by atoms with E-state index in [1.165, 1.54) is 0 Å². The van der Waals surface area contributed by atoms with Crippen LogP contribution in [-0.2, 0) is 6.61 Å². The summed E-state index contributed by atoms with van der Waals surface area (Å²) in [5, 5.41) is 10.2. The van der Waals surface area contributed by atoms with Gasteiger partial charge in [0.05, 0.1) is 0 Å². The van der Waals surface area contributed by atoms with E-state index in [0.717, 1.165) is 22.4 Å². The maximum Gasteiger partial charge on any atom is 0.271 e. The lowest BCUT2D eigenvalue weighted by molar-refractivity contribution is 0.0996. The number of ether oxygens (including phenoxy) is 1. The van der Waals surface area contributed by atoms with E-state index in [-0.39, 0.29) is 5.69 Å². The highest BCUT2D eigenvalue weighted by Gasteiger charge is 2.17. The van der Waals surface area contributed by atoms with E-state index in [1.807, 2.05) is 55.5 Å². The van der Waals surface area contributed by atoms with Crippen LogP contribution in [0.15, 0.2) is 48.5 Å². The molecule has 6 heteroatoms. The first-order chi connectivity index (χ1) is 11.1. The van der Waals surface area contributed by atoms with Crippen molar-refractivity contribution in [2.45, 2.75) is 13.5 Å². The molecule has 1 aromatic heterocycles. The molecule has 0 aliphatic carbocycles. The molecule has 0 atom stereocenters. The lowest BCUT2D eigenvalue weighted by Gasteiger charge is -2.09. The summed E-state index contributed by atoms with van der Waals surface area (Å²) < 4.78 is 5.79. The predicted molar refractivity (Wildman–Crippen MR) is 85.8 cm³/mol. The molecule has 0 spiro atoms. The second-order valence-electron chi connectivity index (χ2n) is 5.14. The van der Waals surface area contributed by atoms with Gasteiger partial charge in [-0.25, -0.2) is 0 Å². The molecule has 0 saturated carbocycles. The molecule has 116 valence electrons. The van der Waals surface area contributed by atoms with E-state index in [4.69, 9.17) is 10.5 Å². The number of aromatic amines is 1. The zero-order valence-corrected chi connectivity index (χ0v) is 12.6. The van der Waals surface area contributed by atoms with Crippen LogP contribution >= 0.6 is 0 Å². The van der Waals surface area contributed by atoms with Crippen molar-refractivity contribution in [3.63, 3.8) is 0 Å². The zero-order valence-electron chi connectivity index (χ0n) is 12.6. The van der Waals surface area contributed by atoms with E-state index in [0.29, 0.717) is 12.3 Å². The Bertz CT molecular complexity index is 828. The molecule has 0 unspecified atom stereocenters. The Morgan fingerprint density at radius 2 is 1.96 bits per heavy atom. The summed E-state index contributed by atoms with van der Waals surface area (Å²) in [4.78, 5) is 11.4. The molecule has 0 aliphatic heterocycles. The molecule has 0 saturated heterocycles. The minimum absolute atomic E-state index is 0.131. The summed E-state index contributed by atoms with van der Waals surface area (Å²) in [7, 11) is 0. The molecule has 23 heavy (non-hydrogen) atoms. The topological polar surface area (TPSA) is 93.9 Å². The first-order valence-electron chi connectivity index (χ1n) is 7.13. The first kappa shape index (κ1) is 14.8. The van der Waals surface area contributed by atoms with E-state index in [2.05, 4.69) is 15.4 Å². The Balaban J connectivity index is 1.81. The van der Waals surface area contributed by atoms with Crippen molar-refractivity contribution in [2.75, 3.05) is 0 Å². The number of rotatable bonds is 5. The molecule has 0 bridgehead atoms. The third-order valence-corrected chi connectivity index (χ3v) is 3.48. The van der Waals surface area contributed by atoms with Crippen molar-refractivity contribution in [1.29, 1.82) is 0 Å². The minimum atomic E-state index is -0.613. The molecule has 3 rings (SSSR count). The quantitative estimate of drug-likeness (QED) is 0.757. The average molecular weight is 308 g/mol. The molecule has 0 aliphatic rings. The number of nitrogens with one attached hydrogen (secondary N) is 1. The van der Waals surface area contributed by atoms with Gasteiger partial charge in [-0.3, -0.25) is 4.79 Å². The number of aryl methyl sites for hydroxylation is 1. The number of amides is 1. The number of nitrogens with two attached hydrogens (primary N) is 1. The molecule has 2 aromatic carbocycles. The number of H-pyrrole nitrogens is 1. The second-order valence-corrected chi connectivity index (χ2v) is 5.14. The molecule has 1 heterocycles. The molecular formula is C17H16N4O2. The van der Waals surface area contributed by atoms with E-state index in [9.17, 15) is 4.79 Å². The Kier molecular flexibility index (Phi) is 4.05. The summed E-state index contributed by atoms with van der Waals surface area (Å²) in [5.74, 6) is 0.136. The van der Waals surface area contributed by atoms with E-state index >= 15 is 0 Å². The van der Waals surface area contributed by atoms with Gasteiger partial charge in [0, 0.05) is 5.56 Å². The van der Waals surface area contributed by atoms with Crippen LogP contribution in [0.1, 0.15) is 21.6 Å². The van der Waals surface area contributed by atoms with Crippen LogP contribution in [0.2, 0.25) is 0 Å². The number of hydrogen-bond acceptors (Lipinski definition) is 4. The summed E-state index contributed by atoms with van der Waals surface area (Å²) in [6.07, 6.45) is 0. The SMILES string of the molecule is Cc1cc(OCc2ccccc2)ccc1-c1n[nH]nc1C(N)=O. The summed E-state index contributed by atoms with van der Waals surface area (Å²) in [6.45, 7) is 2.42. The Labute approximate surface area is 133 Å². The normalized spacial score (nSPS) is 10.5. The van der Waals surface area contributed by atoms with Crippen molar-refractivity contribution in [2.24, 2.45) is 5.73 Å². The largest absolute Gasteiger partial charge is 0.489 e. The van der Waals surface area contributed by atoms with Gasteiger partial charge in [-0.1, -0.05) is 30.3 Å². The number of primary amides is 1. The Morgan fingerprint density at radius 3 is 2.65 bits per heavy atom. The van der Waals surface area contributed by atoms with E-state index < -0.39 is 5.91 Å². The van der Waals surface area contributed by atoms with Crippen molar-refractivity contribution in [3.05, 3.63) is 65.4 Å². The van der Waals surface area contributed by atoms with Crippen LogP contribution in [0.5, 0.6) is 5.75 Å². The molecule has 6 nitrogen and oxygen atoms in total. The van der Waals surface area contributed by atoms with Crippen LogP contribution in [0.25, 0.3) is 11.3 Å². The second kappa shape index (κ2) is 6.31. The lowest BCUT2D eigenvalue weighted by atomic mass is 10.0. The minimum Gasteiger partial charge on any atom is -0.489 e.